The summed E-state index contributed by atoms with van der Waals surface area (Å²) in [5.74, 6) is 0.148. The van der Waals surface area contributed by atoms with Crippen molar-refractivity contribution in [2.75, 3.05) is 13.1 Å². The summed E-state index contributed by atoms with van der Waals surface area (Å²) in [4.78, 5) is 12.1. The van der Waals surface area contributed by atoms with Crippen molar-refractivity contribution in [3.05, 3.63) is 18.0 Å². The molecule has 1 unspecified atom stereocenters. The van der Waals surface area contributed by atoms with Crippen molar-refractivity contribution in [3.63, 3.8) is 0 Å². The Balaban J connectivity index is 1.91. The topological polar surface area (TPSA) is 69.8 Å². The van der Waals surface area contributed by atoms with E-state index in [9.17, 15) is 4.79 Å². The average Bonchev–Trinajstić information content (AvgIpc) is 2.97. The minimum absolute atomic E-state index is 0.148. The Morgan fingerprint density at radius 2 is 2.56 bits per heavy atom. The number of carbonyl (C=O) groups is 1. The molecule has 5 heteroatoms. The predicted molar refractivity (Wildman–Crippen MR) is 60.6 cm³/mol. The molecule has 2 rings (SSSR count). The summed E-state index contributed by atoms with van der Waals surface area (Å²) in [7, 11) is 0. The van der Waals surface area contributed by atoms with Gasteiger partial charge in [-0.3, -0.25) is 9.89 Å². The van der Waals surface area contributed by atoms with Gasteiger partial charge in [-0.25, -0.2) is 0 Å². The molecule has 1 aromatic rings. The van der Waals surface area contributed by atoms with E-state index in [1.165, 1.54) is 0 Å². The van der Waals surface area contributed by atoms with Gasteiger partial charge in [0.2, 0.25) is 5.91 Å². The zero-order valence-corrected chi connectivity index (χ0v) is 9.55. The van der Waals surface area contributed by atoms with Gasteiger partial charge in [-0.2, -0.15) is 5.10 Å². The highest BCUT2D eigenvalue weighted by Crippen LogP contribution is 2.29. The SMILES string of the molecule is CCC1(C(=O)NCc2ccn[nH]2)CCNC1. The molecule has 1 aromatic heterocycles. The summed E-state index contributed by atoms with van der Waals surface area (Å²) in [6.07, 6.45) is 3.50. The number of aromatic nitrogens is 2. The first-order chi connectivity index (χ1) is 7.77. The van der Waals surface area contributed by atoms with Gasteiger partial charge in [-0.05, 0) is 25.5 Å². The molecule has 16 heavy (non-hydrogen) atoms. The van der Waals surface area contributed by atoms with E-state index in [4.69, 9.17) is 0 Å². The summed E-state index contributed by atoms with van der Waals surface area (Å²) in [5, 5.41) is 12.9. The maximum absolute atomic E-state index is 12.1. The first-order valence-electron chi connectivity index (χ1n) is 5.74. The van der Waals surface area contributed by atoms with E-state index in [1.807, 2.05) is 6.07 Å². The van der Waals surface area contributed by atoms with Crippen LogP contribution >= 0.6 is 0 Å². The van der Waals surface area contributed by atoms with Gasteiger partial charge in [0.25, 0.3) is 0 Å². The molecule has 0 saturated carbocycles. The average molecular weight is 222 g/mol. The summed E-state index contributed by atoms with van der Waals surface area (Å²) >= 11 is 0. The van der Waals surface area contributed by atoms with Crippen LogP contribution in [0.5, 0.6) is 0 Å². The van der Waals surface area contributed by atoms with Gasteiger partial charge in [0, 0.05) is 12.7 Å². The molecule has 0 bridgehead atoms. The van der Waals surface area contributed by atoms with Crippen molar-refractivity contribution < 1.29 is 4.79 Å². The lowest BCUT2D eigenvalue weighted by atomic mass is 9.83. The van der Waals surface area contributed by atoms with E-state index in [0.717, 1.165) is 31.6 Å². The lowest BCUT2D eigenvalue weighted by Gasteiger charge is -2.24. The molecule has 2 heterocycles. The first kappa shape index (κ1) is 11.1. The maximum Gasteiger partial charge on any atom is 0.227 e. The second-order valence-corrected chi connectivity index (χ2v) is 4.33. The lowest BCUT2D eigenvalue weighted by molar-refractivity contribution is -0.130. The highest BCUT2D eigenvalue weighted by atomic mass is 16.2. The van der Waals surface area contributed by atoms with Crippen LogP contribution in [-0.4, -0.2) is 29.2 Å². The Labute approximate surface area is 95.0 Å². The van der Waals surface area contributed by atoms with Gasteiger partial charge < -0.3 is 10.6 Å². The van der Waals surface area contributed by atoms with Crippen LogP contribution in [0.2, 0.25) is 0 Å². The fourth-order valence-electron chi connectivity index (χ4n) is 2.15. The number of hydrogen-bond acceptors (Lipinski definition) is 3. The molecule has 1 fully saturated rings. The van der Waals surface area contributed by atoms with Crippen LogP contribution in [0, 0.1) is 5.41 Å². The Hall–Kier alpha value is -1.36. The number of hydrogen-bond donors (Lipinski definition) is 3. The molecule has 0 spiro atoms. The van der Waals surface area contributed by atoms with Crippen molar-refractivity contribution >= 4 is 5.91 Å². The molecule has 88 valence electrons. The van der Waals surface area contributed by atoms with Crippen LogP contribution in [0.15, 0.2) is 12.3 Å². The highest BCUT2D eigenvalue weighted by molar-refractivity contribution is 5.83. The minimum atomic E-state index is -0.208. The van der Waals surface area contributed by atoms with Crippen LogP contribution < -0.4 is 10.6 Å². The molecule has 5 nitrogen and oxygen atoms in total. The van der Waals surface area contributed by atoms with Crippen LogP contribution in [0.25, 0.3) is 0 Å². The molecule has 0 aliphatic carbocycles. The standard InChI is InChI=1S/C11H18N4O/c1-2-11(4-6-12-8-11)10(16)13-7-9-3-5-14-15-9/h3,5,12H,2,4,6-8H2,1H3,(H,13,16)(H,14,15). The lowest BCUT2D eigenvalue weighted by Crippen LogP contribution is -2.41. The summed E-state index contributed by atoms with van der Waals surface area (Å²) in [6.45, 7) is 4.33. The molecule has 1 amide bonds. The normalized spacial score (nSPS) is 24.6. The van der Waals surface area contributed by atoms with Gasteiger partial charge in [0.15, 0.2) is 0 Å². The number of nitrogens with one attached hydrogen (secondary N) is 3. The quantitative estimate of drug-likeness (QED) is 0.691. The number of amides is 1. The molecular weight excluding hydrogens is 204 g/mol. The predicted octanol–water partition coefficient (Wildman–Crippen LogP) is 0.416. The molecule has 1 saturated heterocycles. The van der Waals surface area contributed by atoms with Crippen LogP contribution in [-0.2, 0) is 11.3 Å². The van der Waals surface area contributed by atoms with Crippen molar-refractivity contribution in [1.82, 2.24) is 20.8 Å². The van der Waals surface area contributed by atoms with Gasteiger partial charge in [0.05, 0.1) is 17.7 Å². The third-order valence-electron chi connectivity index (χ3n) is 3.40. The maximum atomic E-state index is 12.1. The smallest absolute Gasteiger partial charge is 0.227 e. The Morgan fingerprint density at radius 1 is 1.69 bits per heavy atom. The molecule has 0 radical (unpaired) electrons. The van der Waals surface area contributed by atoms with Crippen molar-refractivity contribution in [3.8, 4) is 0 Å². The third-order valence-corrected chi connectivity index (χ3v) is 3.40. The Morgan fingerprint density at radius 3 is 3.12 bits per heavy atom. The van der Waals surface area contributed by atoms with E-state index >= 15 is 0 Å². The first-order valence-corrected chi connectivity index (χ1v) is 5.74. The third kappa shape index (κ3) is 2.09. The van der Waals surface area contributed by atoms with Gasteiger partial charge in [-0.15, -0.1) is 0 Å². The van der Waals surface area contributed by atoms with Gasteiger partial charge in [-0.1, -0.05) is 6.92 Å². The fraction of sp³-hybridized carbons (Fsp3) is 0.636. The van der Waals surface area contributed by atoms with Crippen molar-refractivity contribution in [1.29, 1.82) is 0 Å². The number of rotatable bonds is 4. The van der Waals surface area contributed by atoms with Crippen LogP contribution in [0.1, 0.15) is 25.5 Å². The molecule has 0 aromatic carbocycles. The fourth-order valence-corrected chi connectivity index (χ4v) is 2.15. The van der Waals surface area contributed by atoms with E-state index in [1.54, 1.807) is 6.20 Å². The van der Waals surface area contributed by atoms with Gasteiger partial charge >= 0.3 is 0 Å². The summed E-state index contributed by atoms with van der Waals surface area (Å²) in [6, 6.07) is 1.87. The van der Waals surface area contributed by atoms with E-state index in [0.29, 0.717) is 6.54 Å². The highest BCUT2D eigenvalue weighted by Gasteiger charge is 2.39. The van der Waals surface area contributed by atoms with E-state index in [2.05, 4.69) is 27.8 Å². The van der Waals surface area contributed by atoms with E-state index in [-0.39, 0.29) is 11.3 Å². The van der Waals surface area contributed by atoms with Crippen molar-refractivity contribution in [2.24, 2.45) is 5.41 Å². The Kier molecular flexibility index (Phi) is 3.24. The summed E-state index contributed by atoms with van der Waals surface area (Å²) < 4.78 is 0. The second-order valence-electron chi connectivity index (χ2n) is 4.33. The molecule has 3 N–H and O–H groups in total. The minimum Gasteiger partial charge on any atom is -0.350 e. The zero-order valence-electron chi connectivity index (χ0n) is 9.55. The largest absolute Gasteiger partial charge is 0.350 e. The second kappa shape index (κ2) is 4.65. The van der Waals surface area contributed by atoms with E-state index < -0.39 is 0 Å². The number of aromatic amines is 1. The molecule has 1 aliphatic heterocycles. The summed E-state index contributed by atoms with van der Waals surface area (Å²) in [5.41, 5.74) is 0.727. The van der Waals surface area contributed by atoms with Crippen LogP contribution in [0.3, 0.4) is 0 Å². The van der Waals surface area contributed by atoms with Crippen molar-refractivity contribution in [2.45, 2.75) is 26.3 Å². The number of H-pyrrole nitrogens is 1. The molecule has 1 atom stereocenters. The van der Waals surface area contributed by atoms with Crippen LogP contribution in [0.4, 0.5) is 0 Å². The zero-order chi connectivity index (χ0) is 11.4. The number of carbonyl (C=O) groups excluding carboxylic acids is 1. The molecular formula is C11H18N4O. The monoisotopic (exact) mass is 222 g/mol. The number of nitrogens with zero attached hydrogens (tertiary/aromatic N) is 1. The van der Waals surface area contributed by atoms with Gasteiger partial charge in [0.1, 0.15) is 0 Å². The molecule has 1 aliphatic rings. The Bertz CT molecular complexity index is 341.